The lowest BCUT2D eigenvalue weighted by Gasteiger charge is -2.15. The molecule has 1 heterocycles. The summed E-state index contributed by atoms with van der Waals surface area (Å²) in [5, 5.41) is 4.72. The van der Waals surface area contributed by atoms with Gasteiger partial charge in [0, 0.05) is 30.7 Å². The van der Waals surface area contributed by atoms with Gasteiger partial charge in [-0.2, -0.15) is 5.10 Å². The van der Waals surface area contributed by atoms with E-state index in [-0.39, 0.29) is 11.9 Å². The summed E-state index contributed by atoms with van der Waals surface area (Å²) in [6, 6.07) is 6.33. The van der Waals surface area contributed by atoms with Crippen molar-refractivity contribution in [3.05, 3.63) is 52.6 Å². The first kappa shape index (κ1) is 14.0. The molecule has 6 heteroatoms. The Bertz CT molecular complexity index is 555. The van der Waals surface area contributed by atoms with E-state index >= 15 is 0 Å². The zero-order valence-corrected chi connectivity index (χ0v) is 11.4. The van der Waals surface area contributed by atoms with E-state index < -0.39 is 0 Å². The van der Waals surface area contributed by atoms with Gasteiger partial charge in [0.2, 0.25) is 0 Å². The van der Waals surface area contributed by atoms with Crippen molar-refractivity contribution in [1.82, 2.24) is 15.2 Å². The van der Waals surface area contributed by atoms with Crippen molar-refractivity contribution in [3.63, 3.8) is 0 Å². The van der Waals surface area contributed by atoms with Gasteiger partial charge in [0.05, 0.1) is 5.69 Å². The van der Waals surface area contributed by atoms with Crippen LogP contribution in [0, 0.1) is 5.82 Å². The summed E-state index contributed by atoms with van der Waals surface area (Å²) < 4.78 is 14.7. The molecule has 1 unspecified atom stereocenters. The average Bonchev–Trinajstić information content (AvgIpc) is 2.77. The number of nitrogens with two attached hydrogens (primary N) is 1. The minimum Gasteiger partial charge on any atom is -0.276 e. The number of nitrogens with zero attached hydrogens (tertiary/aromatic N) is 2. The molecule has 2 aromatic rings. The average molecular weight is 283 g/mol. The van der Waals surface area contributed by atoms with E-state index in [1.165, 1.54) is 12.1 Å². The van der Waals surface area contributed by atoms with Crippen molar-refractivity contribution in [2.45, 2.75) is 18.9 Å². The van der Waals surface area contributed by atoms with Gasteiger partial charge in [-0.15, -0.1) is 0 Å². The summed E-state index contributed by atoms with van der Waals surface area (Å²) in [4.78, 5) is 0. The highest BCUT2D eigenvalue weighted by atomic mass is 35.5. The van der Waals surface area contributed by atoms with E-state index in [0.29, 0.717) is 17.9 Å². The van der Waals surface area contributed by atoms with Crippen molar-refractivity contribution in [1.29, 1.82) is 0 Å². The molecule has 1 aromatic heterocycles. The first-order valence-electron chi connectivity index (χ1n) is 5.97. The molecule has 1 aromatic carbocycles. The Balaban J connectivity index is 2.06. The lowest BCUT2D eigenvalue weighted by Crippen LogP contribution is -2.38. The van der Waals surface area contributed by atoms with Crippen molar-refractivity contribution >= 4 is 11.6 Å². The zero-order valence-electron chi connectivity index (χ0n) is 10.6. The number of hydrazine groups is 1. The summed E-state index contributed by atoms with van der Waals surface area (Å²) in [5.74, 6) is 5.22. The van der Waals surface area contributed by atoms with Crippen LogP contribution >= 0.6 is 11.6 Å². The minimum absolute atomic E-state index is 0.00198. The van der Waals surface area contributed by atoms with Gasteiger partial charge < -0.3 is 0 Å². The monoisotopic (exact) mass is 282 g/mol. The molecule has 1 atom stereocenters. The van der Waals surface area contributed by atoms with Crippen LogP contribution in [0.5, 0.6) is 0 Å². The third-order valence-electron chi connectivity index (χ3n) is 2.94. The van der Waals surface area contributed by atoms with Crippen LogP contribution in [0.3, 0.4) is 0 Å². The molecule has 0 aliphatic carbocycles. The van der Waals surface area contributed by atoms with Crippen LogP contribution < -0.4 is 11.3 Å². The number of hydrogen-bond acceptors (Lipinski definition) is 3. The summed E-state index contributed by atoms with van der Waals surface area (Å²) in [6.07, 6.45) is 3.19. The Morgan fingerprint density at radius 1 is 1.42 bits per heavy atom. The van der Waals surface area contributed by atoms with Crippen LogP contribution in [0.1, 0.15) is 11.3 Å². The summed E-state index contributed by atoms with van der Waals surface area (Å²) in [6.45, 7) is 0. The van der Waals surface area contributed by atoms with Crippen molar-refractivity contribution < 1.29 is 4.39 Å². The molecule has 0 saturated heterocycles. The van der Waals surface area contributed by atoms with Crippen LogP contribution in [0.2, 0.25) is 5.02 Å². The first-order valence-corrected chi connectivity index (χ1v) is 6.35. The number of hydrogen-bond donors (Lipinski definition) is 2. The molecule has 2 rings (SSSR count). The number of aromatic nitrogens is 2. The van der Waals surface area contributed by atoms with Crippen LogP contribution in [-0.4, -0.2) is 15.8 Å². The highest BCUT2D eigenvalue weighted by molar-refractivity contribution is 6.31. The molecular weight excluding hydrogens is 267 g/mol. The lowest BCUT2D eigenvalue weighted by atomic mass is 10.0. The molecule has 0 aliphatic rings. The largest absolute Gasteiger partial charge is 0.276 e. The fourth-order valence-electron chi connectivity index (χ4n) is 1.97. The highest BCUT2D eigenvalue weighted by Gasteiger charge is 2.13. The van der Waals surface area contributed by atoms with Crippen LogP contribution in [-0.2, 0) is 19.9 Å². The van der Waals surface area contributed by atoms with E-state index in [4.69, 9.17) is 17.4 Å². The number of nitrogens with one attached hydrogen (secondary N) is 1. The van der Waals surface area contributed by atoms with Gasteiger partial charge in [-0.25, -0.2) is 4.39 Å². The van der Waals surface area contributed by atoms with Gasteiger partial charge in [-0.05, 0) is 30.2 Å². The van der Waals surface area contributed by atoms with Gasteiger partial charge >= 0.3 is 0 Å². The van der Waals surface area contributed by atoms with Gasteiger partial charge in [-0.3, -0.25) is 16.0 Å². The Labute approximate surface area is 116 Å². The summed E-state index contributed by atoms with van der Waals surface area (Å²) >= 11 is 6.01. The van der Waals surface area contributed by atoms with Crippen molar-refractivity contribution in [2.75, 3.05) is 0 Å². The van der Waals surface area contributed by atoms with E-state index in [0.717, 1.165) is 11.3 Å². The second kappa shape index (κ2) is 6.14. The van der Waals surface area contributed by atoms with E-state index in [9.17, 15) is 4.39 Å². The zero-order chi connectivity index (χ0) is 13.8. The van der Waals surface area contributed by atoms with E-state index in [1.807, 2.05) is 19.3 Å². The summed E-state index contributed by atoms with van der Waals surface area (Å²) in [5.41, 5.74) is 4.56. The molecule has 3 N–H and O–H groups in total. The van der Waals surface area contributed by atoms with Crippen LogP contribution in [0.25, 0.3) is 0 Å². The van der Waals surface area contributed by atoms with Crippen LogP contribution in [0.15, 0.2) is 30.5 Å². The van der Waals surface area contributed by atoms with Gasteiger partial charge in [0.25, 0.3) is 0 Å². The first-order chi connectivity index (χ1) is 9.08. The van der Waals surface area contributed by atoms with Crippen molar-refractivity contribution in [2.24, 2.45) is 12.9 Å². The second-order valence-corrected chi connectivity index (χ2v) is 4.90. The Morgan fingerprint density at radius 2 is 2.21 bits per heavy atom. The third-order valence-corrected chi connectivity index (χ3v) is 3.29. The molecule has 4 nitrogen and oxygen atoms in total. The predicted molar refractivity (Wildman–Crippen MR) is 73.1 cm³/mol. The molecule has 0 bridgehead atoms. The molecule has 19 heavy (non-hydrogen) atoms. The maximum atomic E-state index is 13.0. The number of halogens is 2. The molecule has 0 spiro atoms. The fraction of sp³-hybridized carbons (Fsp3) is 0.308. The SMILES string of the molecule is Cn1ccc(CC(Cc2ccc(F)cc2Cl)NN)n1. The lowest BCUT2D eigenvalue weighted by molar-refractivity contribution is 0.513. The molecule has 0 fully saturated rings. The fourth-order valence-corrected chi connectivity index (χ4v) is 2.21. The standard InChI is InChI=1S/C13H16ClFN4/c1-19-5-4-11(18-19)8-12(17-16)6-9-2-3-10(15)7-13(9)14/h2-5,7,12,17H,6,8,16H2,1H3. The third kappa shape index (κ3) is 3.76. The number of aryl methyl sites for hydroxylation is 1. The van der Waals surface area contributed by atoms with E-state index in [1.54, 1.807) is 10.7 Å². The highest BCUT2D eigenvalue weighted by Crippen LogP contribution is 2.19. The second-order valence-electron chi connectivity index (χ2n) is 4.49. The predicted octanol–water partition coefficient (Wildman–Crippen LogP) is 1.83. The molecular formula is C13H16ClFN4. The normalized spacial score (nSPS) is 12.6. The number of rotatable bonds is 5. The molecule has 0 radical (unpaired) electrons. The minimum atomic E-state index is -0.337. The molecule has 0 saturated carbocycles. The molecule has 102 valence electrons. The summed E-state index contributed by atoms with van der Waals surface area (Å²) in [7, 11) is 1.87. The van der Waals surface area contributed by atoms with Crippen molar-refractivity contribution in [3.8, 4) is 0 Å². The van der Waals surface area contributed by atoms with Gasteiger partial charge in [0.15, 0.2) is 0 Å². The maximum Gasteiger partial charge on any atom is 0.124 e. The number of benzene rings is 1. The van der Waals surface area contributed by atoms with Gasteiger partial charge in [-0.1, -0.05) is 17.7 Å². The van der Waals surface area contributed by atoms with E-state index in [2.05, 4.69) is 10.5 Å². The smallest absolute Gasteiger partial charge is 0.124 e. The Kier molecular flexibility index (Phi) is 4.52. The van der Waals surface area contributed by atoms with Crippen LogP contribution in [0.4, 0.5) is 4.39 Å². The Morgan fingerprint density at radius 3 is 2.79 bits per heavy atom. The Hall–Kier alpha value is -1.43. The topological polar surface area (TPSA) is 55.9 Å². The molecule has 0 aliphatic heterocycles. The maximum absolute atomic E-state index is 13.0. The quantitative estimate of drug-likeness (QED) is 0.650. The molecule has 0 amide bonds. The van der Waals surface area contributed by atoms with Gasteiger partial charge in [0.1, 0.15) is 5.82 Å².